The van der Waals surface area contributed by atoms with E-state index < -0.39 is 12.5 Å². The first kappa shape index (κ1) is 11.9. The number of likely N-dealkylation sites (tertiary alicyclic amines) is 1. The Bertz CT molecular complexity index is 235. The van der Waals surface area contributed by atoms with Gasteiger partial charge in [0.1, 0.15) is 5.78 Å². The molecule has 0 aromatic rings. The molecule has 1 atom stereocenters. The van der Waals surface area contributed by atoms with Crippen molar-refractivity contribution in [3.63, 3.8) is 0 Å². The molecule has 0 saturated carbocycles. The molecule has 0 bridgehead atoms. The van der Waals surface area contributed by atoms with Crippen molar-refractivity contribution in [2.75, 3.05) is 13.1 Å². The van der Waals surface area contributed by atoms with Crippen LogP contribution in [0.5, 0.6) is 0 Å². The SMILES string of the molecule is CCCC(F)OC(=O)N1CCC(=O)CC1. The van der Waals surface area contributed by atoms with E-state index in [-0.39, 0.29) is 12.2 Å². The van der Waals surface area contributed by atoms with Gasteiger partial charge >= 0.3 is 6.09 Å². The van der Waals surface area contributed by atoms with E-state index >= 15 is 0 Å². The molecule has 86 valence electrons. The lowest BCUT2D eigenvalue weighted by atomic mass is 10.1. The highest BCUT2D eigenvalue weighted by Gasteiger charge is 2.23. The van der Waals surface area contributed by atoms with Gasteiger partial charge in [0, 0.05) is 32.4 Å². The normalized spacial score (nSPS) is 18.8. The van der Waals surface area contributed by atoms with Crippen LogP contribution in [-0.4, -0.2) is 36.2 Å². The number of nitrogens with zero attached hydrogens (tertiary/aromatic N) is 1. The molecule has 1 heterocycles. The number of alkyl halides is 1. The molecule has 1 fully saturated rings. The first-order valence-electron chi connectivity index (χ1n) is 5.24. The van der Waals surface area contributed by atoms with Crippen LogP contribution in [0.4, 0.5) is 9.18 Å². The minimum Gasteiger partial charge on any atom is -0.415 e. The summed E-state index contributed by atoms with van der Waals surface area (Å²) in [5.74, 6) is 0.143. The van der Waals surface area contributed by atoms with E-state index in [2.05, 4.69) is 4.74 Å². The first-order valence-corrected chi connectivity index (χ1v) is 5.24. The summed E-state index contributed by atoms with van der Waals surface area (Å²) < 4.78 is 17.5. The molecular weight excluding hydrogens is 201 g/mol. The zero-order valence-corrected chi connectivity index (χ0v) is 8.87. The Morgan fingerprint density at radius 2 is 2.13 bits per heavy atom. The molecule has 0 radical (unpaired) electrons. The molecule has 1 aliphatic rings. The van der Waals surface area contributed by atoms with Crippen LogP contribution in [0.15, 0.2) is 0 Å². The molecule has 0 aromatic heterocycles. The summed E-state index contributed by atoms with van der Waals surface area (Å²) in [6, 6.07) is 0. The fraction of sp³-hybridized carbons (Fsp3) is 0.800. The number of ether oxygens (including phenoxy) is 1. The summed E-state index contributed by atoms with van der Waals surface area (Å²) in [5, 5.41) is 0. The Morgan fingerprint density at radius 1 is 1.53 bits per heavy atom. The molecule has 1 saturated heterocycles. The molecule has 0 aromatic carbocycles. The van der Waals surface area contributed by atoms with Gasteiger partial charge in [-0.1, -0.05) is 6.92 Å². The van der Waals surface area contributed by atoms with E-state index in [1.165, 1.54) is 4.90 Å². The van der Waals surface area contributed by atoms with Gasteiger partial charge in [-0.2, -0.15) is 0 Å². The van der Waals surface area contributed by atoms with E-state index in [0.717, 1.165) is 0 Å². The van der Waals surface area contributed by atoms with Crippen molar-refractivity contribution in [1.29, 1.82) is 0 Å². The summed E-state index contributed by atoms with van der Waals surface area (Å²) in [6.45, 7) is 2.51. The van der Waals surface area contributed by atoms with Crippen LogP contribution in [0, 0.1) is 0 Å². The highest BCUT2D eigenvalue weighted by molar-refractivity contribution is 5.81. The molecule has 5 heteroatoms. The maximum atomic E-state index is 12.9. The van der Waals surface area contributed by atoms with Crippen molar-refractivity contribution in [3.05, 3.63) is 0 Å². The topological polar surface area (TPSA) is 46.6 Å². The molecular formula is C10H16FNO3. The van der Waals surface area contributed by atoms with Gasteiger partial charge in [0.2, 0.25) is 6.36 Å². The predicted octanol–water partition coefficient (Wildman–Crippen LogP) is 1.88. The third-order valence-electron chi connectivity index (χ3n) is 2.32. The molecule has 0 spiro atoms. The van der Waals surface area contributed by atoms with Crippen LogP contribution >= 0.6 is 0 Å². The predicted molar refractivity (Wildman–Crippen MR) is 52.1 cm³/mol. The molecule has 1 unspecified atom stereocenters. The van der Waals surface area contributed by atoms with Crippen molar-refractivity contribution in [2.45, 2.75) is 39.0 Å². The Balaban J connectivity index is 2.30. The maximum Gasteiger partial charge on any atom is 0.412 e. The molecule has 15 heavy (non-hydrogen) atoms. The van der Waals surface area contributed by atoms with Crippen molar-refractivity contribution >= 4 is 11.9 Å². The quantitative estimate of drug-likeness (QED) is 0.725. The van der Waals surface area contributed by atoms with Crippen molar-refractivity contribution in [1.82, 2.24) is 4.90 Å². The summed E-state index contributed by atoms with van der Waals surface area (Å²) in [5.41, 5.74) is 0. The number of piperidine rings is 1. The van der Waals surface area contributed by atoms with Crippen LogP contribution in [0.25, 0.3) is 0 Å². The fourth-order valence-electron chi connectivity index (χ4n) is 1.41. The van der Waals surface area contributed by atoms with Crippen molar-refractivity contribution in [2.24, 2.45) is 0 Å². The van der Waals surface area contributed by atoms with E-state index in [0.29, 0.717) is 32.4 Å². The minimum atomic E-state index is -1.53. The average molecular weight is 217 g/mol. The highest BCUT2D eigenvalue weighted by Crippen LogP contribution is 2.10. The number of hydrogen-bond acceptors (Lipinski definition) is 3. The monoisotopic (exact) mass is 217 g/mol. The van der Waals surface area contributed by atoms with Crippen LogP contribution in [-0.2, 0) is 9.53 Å². The lowest BCUT2D eigenvalue weighted by Gasteiger charge is -2.25. The third kappa shape index (κ3) is 3.85. The number of carbonyl (C=O) groups excluding carboxylic acids is 2. The number of halogens is 1. The molecule has 4 nitrogen and oxygen atoms in total. The molecule has 1 aliphatic heterocycles. The summed E-state index contributed by atoms with van der Waals surface area (Å²) in [7, 11) is 0. The zero-order valence-electron chi connectivity index (χ0n) is 8.87. The molecule has 1 amide bonds. The number of ketones is 1. The lowest BCUT2D eigenvalue weighted by molar-refractivity contribution is -0.121. The number of amides is 1. The van der Waals surface area contributed by atoms with Crippen molar-refractivity contribution < 1.29 is 18.7 Å². The Hall–Kier alpha value is -1.13. The summed E-state index contributed by atoms with van der Waals surface area (Å²) >= 11 is 0. The standard InChI is InChI=1S/C10H16FNO3/c1-2-3-9(11)15-10(14)12-6-4-8(13)5-7-12/h9H,2-7H2,1H3. The minimum absolute atomic E-state index is 0.143. The van der Waals surface area contributed by atoms with Crippen LogP contribution < -0.4 is 0 Å². The second-order valence-electron chi connectivity index (χ2n) is 3.61. The Morgan fingerprint density at radius 3 is 2.67 bits per heavy atom. The first-order chi connectivity index (χ1) is 7.13. The third-order valence-corrected chi connectivity index (χ3v) is 2.32. The van der Waals surface area contributed by atoms with Crippen molar-refractivity contribution in [3.8, 4) is 0 Å². The second kappa shape index (κ2) is 5.68. The number of Topliss-reactive ketones (excluding diaryl/α,β-unsaturated/α-hetero) is 1. The van der Waals surface area contributed by atoms with Crippen LogP contribution in [0.3, 0.4) is 0 Å². The van der Waals surface area contributed by atoms with E-state index in [1.807, 2.05) is 6.92 Å². The fourth-order valence-corrected chi connectivity index (χ4v) is 1.41. The number of carbonyl (C=O) groups is 2. The van der Waals surface area contributed by atoms with E-state index in [1.54, 1.807) is 0 Å². The van der Waals surface area contributed by atoms with Gasteiger partial charge in [-0.05, 0) is 6.42 Å². The van der Waals surface area contributed by atoms with Gasteiger partial charge in [0.25, 0.3) is 0 Å². The second-order valence-corrected chi connectivity index (χ2v) is 3.61. The molecule has 0 aliphatic carbocycles. The summed E-state index contributed by atoms with van der Waals surface area (Å²) in [4.78, 5) is 23.6. The number of rotatable bonds is 3. The lowest BCUT2D eigenvalue weighted by Crippen LogP contribution is -2.39. The van der Waals surface area contributed by atoms with Crippen LogP contribution in [0.2, 0.25) is 0 Å². The van der Waals surface area contributed by atoms with E-state index in [4.69, 9.17) is 0 Å². The van der Waals surface area contributed by atoms with Gasteiger partial charge in [0.05, 0.1) is 0 Å². The zero-order chi connectivity index (χ0) is 11.3. The van der Waals surface area contributed by atoms with Crippen LogP contribution in [0.1, 0.15) is 32.6 Å². The van der Waals surface area contributed by atoms with Gasteiger partial charge in [-0.25, -0.2) is 9.18 Å². The summed E-state index contributed by atoms with van der Waals surface area (Å²) in [6.07, 6.45) is -0.631. The van der Waals surface area contributed by atoms with E-state index in [9.17, 15) is 14.0 Å². The largest absolute Gasteiger partial charge is 0.415 e. The smallest absolute Gasteiger partial charge is 0.412 e. The highest BCUT2D eigenvalue weighted by atomic mass is 19.1. The van der Waals surface area contributed by atoms with Gasteiger partial charge in [-0.15, -0.1) is 0 Å². The Kier molecular flexibility index (Phi) is 4.52. The van der Waals surface area contributed by atoms with Gasteiger partial charge in [-0.3, -0.25) is 4.79 Å². The maximum absolute atomic E-state index is 12.9. The Labute approximate surface area is 88.4 Å². The molecule has 0 N–H and O–H groups in total. The van der Waals surface area contributed by atoms with Gasteiger partial charge in [0.15, 0.2) is 0 Å². The average Bonchev–Trinajstić information content (AvgIpc) is 2.18. The molecule has 1 rings (SSSR count). The number of hydrogen-bond donors (Lipinski definition) is 0. The van der Waals surface area contributed by atoms with Gasteiger partial charge < -0.3 is 9.64 Å².